The van der Waals surface area contributed by atoms with Crippen LogP contribution in [-0.4, -0.2) is 73.6 Å². The number of carbonyl (C=O) groups excluding carboxylic acids is 1. The predicted molar refractivity (Wildman–Crippen MR) is 138 cm³/mol. The van der Waals surface area contributed by atoms with E-state index in [1.54, 1.807) is 18.3 Å². The summed E-state index contributed by atoms with van der Waals surface area (Å²) in [7, 11) is -4.32. The van der Waals surface area contributed by atoms with Crippen LogP contribution in [0, 0.1) is 11.3 Å². The van der Waals surface area contributed by atoms with Crippen molar-refractivity contribution in [2.75, 3.05) is 39.5 Å². The van der Waals surface area contributed by atoms with Crippen LogP contribution in [0.4, 0.5) is 0 Å². The van der Waals surface area contributed by atoms with E-state index in [-0.39, 0.29) is 44.9 Å². The van der Waals surface area contributed by atoms with Gasteiger partial charge in [0, 0.05) is 31.2 Å². The summed E-state index contributed by atoms with van der Waals surface area (Å²) in [6.07, 6.45) is 4.20. The molecule has 0 unspecified atom stereocenters. The molecular weight excluding hydrogens is 524 g/mol. The maximum atomic E-state index is 13.7. The van der Waals surface area contributed by atoms with Crippen molar-refractivity contribution in [3.8, 4) is 23.4 Å². The highest BCUT2D eigenvalue weighted by molar-refractivity contribution is 7.91. The van der Waals surface area contributed by atoms with Gasteiger partial charge in [0.15, 0.2) is 5.75 Å². The van der Waals surface area contributed by atoms with Gasteiger partial charge in [-0.1, -0.05) is 6.07 Å². The number of primary amides is 1. The molecule has 13 heteroatoms. The SMILES string of the molecule is N#Cc1cc(S(=O)(=O)c2cccc(C(N)=O)c2Oc2cnc3[nH]ccc3c2)cnc1OCCN1CCOCC1. The number of sulfone groups is 1. The normalized spacial score (nSPS) is 14.1. The maximum absolute atomic E-state index is 13.7. The molecule has 0 spiro atoms. The van der Waals surface area contributed by atoms with Crippen LogP contribution in [0.1, 0.15) is 15.9 Å². The van der Waals surface area contributed by atoms with E-state index >= 15 is 0 Å². The first kappa shape index (κ1) is 26.1. The van der Waals surface area contributed by atoms with Crippen molar-refractivity contribution < 1.29 is 27.4 Å². The zero-order valence-corrected chi connectivity index (χ0v) is 21.5. The Balaban J connectivity index is 1.45. The molecule has 0 radical (unpaired) electrons. The Morgan fingerprint density at radius 3 is 2.77 bits per heavy atom. The number of H-pyrrole nitrogens is 1. The summed E-state index contributed by atoms with van der Waals surface area (Å²) in [5.41, 5.74) is 5.97. The number of morpholine rings is 1. The molecule has 200 valence electrons. The number of ether oxygens (including phenoxy) is 3. The fourth-order valence-electron chi connectivity index (χ4n) is 4.12. The Morgan fingerprint density at radius 1 is 1.18 bits per heavy atom. The third kappa shape index (κ3) is 5.53. The smallest absolute Gasteiger partial charge is 0.252 e. The third-order valence-corrected chi connectivity index (χ3v) is 7.88. The van der Waals surface area contributed by atoms with Crippen LogP contribution >= 0.6 is 0 Å². The van der Waals surface area contributed by atoms with Crippen molar-refractivity contribution in [2.24, 2.45) is 5.73 Å². The van der Waals surface area contributed by atoms with Gasteiger partial charge in [0.1, 0.15) is 34.5 Å². The molecule has 1 aliphatic rings. The highest BCUT2D eigenvalue weighted by Crippen LogP contribution is 2.36. The molecule has 0 aliphatic carbocycles. The Kier molecular flexibility index (Phi) is 7.42. The van der Waals surface area contributed by atoms with E-state index in [0.29, 0.717) is 25.4 Å². The van der Waals surface area contributed by atoms with E-state index in [1.165, 1.54) is 30.5 Å². The zero-order chi connectivity index (χ0) is 27.4. The number of fused-ring (bicyclic) bond motifs is 1. The van der Waals surface area contributed by atoms with Crippen LogP contribution in [0.5, 0.6) is 17.4 Å². The molecule has 1 fully saturated rings. The summed E-state index contributed by atoms with van der Waals surface area (Å²) in [4.78, 5) is 25.1. The van der Waals surface area contributed by atoms with Crippen molar-refractivity contribution in [3.63, 3.8) is 0 Å². The van der Waals surface area contributed by atoms with Crippen LogP contribution in [0.3, 0.4) is 0 Å². The van der Waals surface area contributed by atoms with Gasteiger partial charge < -0.3 is 24.9 Å². The Bertz CT molecular complexity index is 1670. The second kappa shape index (κ2) is 11.1. The minimum absolute atomic E-state index is 0.0259. The number of nitrogens with zero attached hydrogens (tertiary/aromatic N) is 4. The number of hydrogen-bond donors (Lipinski definition) is 2. The summed E-state index contributed by atoms with van der Waals surface area (Å²) >= 11 is 0. The van der Waals surface area contributed by atoms with Crippen LogP contribution in [0.2, 0.25) is 0 Å². The highest BCUT2D eigenvalue weighted by atomic mass is 32.2. The molecule has 39 heavy (non-hydrogen) atoms. The number of nitrogens with two attached hydrogens (primary N) is 1. The molecule has 1 saturated heterocycles. The van der Waals surface area contributed by atoms with Gasteiger partial charge in [-0.2, -0.15) is 5.26 Å². The molecule has 0 saturated carbocycles. The summed E-state index contributed by atoms with van der Waals surface area (Å²) in [5, 5.41) is 10.4. The lowest BCUT2D eigenvalue weighted by molar-refractivity contribution is 0.0320. The molecular formula is C26H24N6O6S. The molecule has 5 rings (SSSR count). The fourth-order valence-corrected chi connectivity index (χ4v) is 5.49. The molecule has 0 bridgehead atoms. The lowest BCUT2D eigenvalue weighted by atomic mass is 10.2. The summed E-state index contributed by atoms with van der Waals surface area (Å²) in [6.45, 7) is 3.74. The fraction of sp³-hybridized carbons (Fsp3) is 0.231. The second-order valence-electron chi connectivity index (χ2n) is 8.63. The van der Waals surface area contributed by atoms with Crippen molar-refractivity contribution in [3.05, 3.63) is 66.1 Å². The number of para-hydroxylation sites is 1. The standard InChI is InChI=1S/C26H24N6O6S/c27-14-18-13-20(16-31-26(18)37-11-8-32-6-9-36-10-7-32)39(34,35)22-3-1-2-21(24(28)33)23(22)38-19-12-17-4-5-29-25(17)30-15-19/h1-5,12-13,15-16H,6-11H2,(H2,28,33)(H,29,30). The van der Waals surface area contributed by atoms with E-state index in [0.717, 1.165) is 24.7 Å². The number of rotatable bonds is 9. The average molecular weight is 549 g/mol. The molecule has 3 N–H and O–H groups in total. The number of aromatic nitrogens is 3. The van der Waals surface area contributed by atoms with Gasteiger partial charge in [-0.05, 0) is 30.3 Å². The summed E-state index contributed by atoms with van der Waals surface area (Å²) in [5.74, 6) is -0.909. The van der Waals surface area contributed by atoms with Crippen molar-refractivity contribution in [1.82, 2.24) is 19.9 Å². The first-order chi connectivity index (χ1) is 18.9. The van der Waals surface area contributed by atoms with Gasteiger partial charge in [0.25, 0.3) is 5.91 Å². The second-order valence-corrected chi connectivity index (χ2v) is 10.5. The molecule has 0 atom stereocenters. The van der Waals surface area contributed by atoms with E-state index in [1.807, 2.05) is 6.07 Å². The minimum Gasteiger partial charge on any atom is -0.475 e. The van der Waals surface area contributed by atoms with Crippen molar-refractivity contribution in [2.45, 2.75) is 9.79 Å². The number of nitrogens with one attached hydrogen (secondary N) is 1. The van der Waals surface area contributed by atoms with E-state index in [9.17, 15) is 18.5 Å². The van der Waals surface area contributed by atoms with Crippen LogP contribution in [-0.2, 0) is 14.6 Å². The number of aromatic amines is 1. The molecule has 4 heterocycles. The zero-order valence-electron chi connectivity index (χ0n) is 20.7. The lowest BCUT2D eigenvalue weighted by Crippen LogP contribution is -2.38. The molecule has 1 amide bonds. The predicted octanol–water partition coefficient (Wildman–Crippen LogP) is 2.26. The third-order valence-electron chi connectivity index (χ3n) is 6.14. The molecule has 12 nitrogen and oxygen atoms in total. The first-order valence-corrected chi connectivity index (χ1v) is 13.5. The van der Waals surface area contributed by atoms with Crippen LogP contribution in [0.25, 0.3) is 11.0 Å². The van der Waals surface area contributed by atoms with Gasteiger partial charge in [0.2, 0.25) is 15.7 Å². The molecule has 4 aromatic rings. The topological polar surface area (TPSA) is 174 Å². The number of amides is 1. The van der Waals surface area contributed by atoms with Crippen LogP contribution < -0.4 is 15.2 Å². The molecule has 1 aliphatic heterocycles. The largest absolute Gasteiger partial charge is 0.475 e. The lowest BCUT2D eigenvalue weighted by Gasteiger charge is -2.26. The van der Waals surface area contributed by atoms with Crippen molar-refractivity contribution in [1.29, 1.82) is 5.26 Å². The molecule has 1 aromatic carbocycles. The number of carbonyl (C=O) groups is 1. The van der Waals surface area contributed by atoms with Crippen LogP contribution in [0.15, 0.2) is 64.8 Å². The number of pyridine rings is 2. The van der Waals surface area contributed by atoms with Gasteiger partial charge in [-0.15, -0.1) is 0 Å². The molecule has 3 aromatic heterocycles. The van der Waals surface area contributed by atoms with E-state index in [4.69, 9.17) is 19.9 Å². The Labute approximate surface area is 223 Å². The minimum atomic E-state index is -4.32. The summed E-state index contributed by atoms with van der Waals surface area (Å²) in [6, 6.07) is 10.6. The Morgan fingerprint density at radius 2 is 2.00 bits per heavy atom. The number of hydrogen-bond acceptors (Lipinski definition) is 10. The quantitative estimate of drug-likeness (QED) is 0.316. The van der Waals surface area contributed by atoms with E-state index in [2.05, 4.69) is 19.9 Å². The monoisotopic (exact) mass is 548 g/mol. The van der Waals surface area contributed by atoms with E-state index < -0.39 is 15.7 Å². The first-order valence-electron chi connectivity index (χ1n) is 12.0. The van der Waals surface area contributed by atoms with Gasteiger partial charge >= 0.3 is 0 Å². The average Bonchev–Trinajstić information content (AvgIpc) is 3.41. The van der Waals surface area contributed by atoms with Gasteiger partial charge in [-0.3, -0.25) is 9.69 Å². The van der Waals surface area contributed by atoms with Gasteiger partial charge in [0.05, 0.1) is 36.1 Å². The number of nitriles is 1. The number of benzene rings is 1. The maximum Gasteiger partial charge on any atom is 0.252 e. The Hall–Kier alpha value is -4.51. The van der Waals surface area contributed by atoms with Crippen molar-refractivity contribution >= 4 is 26.8 Å². The highest BCUT2D eigenvalue weighted by Gasteiger charge is 2.28. The summed E-state index contributed by atoms with van der Waals surface area (Å²) < 4.78 is 44.4. The van der Waals surface area contributed by atoms with Gasteiger partial charge in [-0.25, -0.2) is 18.4 Å².